The van der Waals surface area contributed by atoms with Crippen LogP contribution in [0.3, 0.4) is 0 Å². The molecule has 0 saturated carbocycles. The molecule has 0 aliphatic rings. The van der Waals surface area contributed by atoms with Crippen molar-refractivity contribution in [3.05, 3.63) is 45.7 Å². The third-order valence-corrected chi connectivity index (χ3v) is 4.05. The number of aromatic nitrogens is 1. The smallest absolute Gasteiger partial charge is 0.319 e. The van der Waals surface area contributed by atoms with Gasteiger partial charge in [-0.2, -0.15) is 0 Å². The summed E-state index contributed by atoms with van der Waals surface area (Å²) in [4.78, 5) is 27.0. The largest absolute Gasteiger partial charge is 0.366 e. The number of amides is 3. The van der Waals surface area contributed by atoms with E-state index >= 15 is 0 Å². The molecule has 0 fully saturated rings. The zero-order valence-corrected chi connectivity index (χ0v) is 13.4. The van der Waals surface area contributed by atoms with Crippen molar-refractivity contribution in [3.63, 3.8) is 0 Å². The lowest BCUT2D eigenvalue weighted by molar-refractivity contribution is 0.1000. The highest BCUT2D eigenvalue weighted by Crippen LogP contribution is 2.15. The second kappa shape index (κ2) is 7.68. The Morgan fingerprint density at radius 3 is 2.78 bits per heavy atom. The van der Waals surface area contributed by atoms with Crippen LogP contribution in [-0.4, -0.2) is 23.5 Å². The van der Waals surface area contributed by atoms with E-state index in [-0.39, 0.29) is 11.3 Å². The Kier molecular flexibility index (Phi) is 5.64. The van der Waals surface area contributed by atoms with Crippen LogP contribution in [0.2, 0.25) is 0 Å². The zero-order valence-electron chi connectivity index (χ0n) is 12.6. The summed E-state index contributed by atoms with van der Waals surface area (Å²) >= 11 is 1.59. The number of halogens is 1. The molecule has 8 heteroatoms. The van der Waals surface area contributed by atoms with Crippen molar-refractivity contribution in [2.75, 3.05) is 11.9 Å². The van der Waals surface area contributed by atoms with Crippen LogP contribution in [0.15, 0.2) is 23.6 Å². The first-order chi connectivity index (χ1) is 11.0. The van der Waals surface area contributed by atoms with Gasteiger partial charge in [0.05, 0.1) is 10.7 Å². The topological polar surface area (TPSA) is 97.1 Å². The third-order valence-electron chi connectivity index (χ3n) is 3.02. The molecule has 0 atom stereocenters. The van der Waals surface area contributed by atoms with E-state index in [4.69, 9.17) is 5.73 Å². The summed E-state index contributed by atoms with van der Waals surface area (Å²) in [7, 11) is 0. The SMILES string of the molecule is Cc1csc(CCCNC(=O)Nc2ccc(C(N)=O)cc2F)n1. The molecular formula is C15H17FN4O2S. The summed E-state index contributed by atoms with van der Waals surface area (Å²) in [5.41, 5.74) is 6.08. The van der Waals surface area contributed by atoms with Gasteiger partial charge < -0.3 is 16.4 Å². The number of urea groups is 1. The van der Waals surface area contributed by atoms with E-state index < -0.39 is 17.8 Å². The minimum absolute atomic E-state index is 0.0111. The number of nitrogens with zero attached hydrogens (tertiary/aromatic N) is 1. The number of thiazole rings is 1. The van der Waals surface area contributed by atoms with E-state index in [0.717, 1.165) is 29.6 Å². The van der Waals surface area contributed by atoms with Crippen LogP contribution in [0.1, 0.15) is 27.5 Å². The van der Waals surface area contributed by atoms with Gasteiger partial charge >= 0.3 is 6.03 Å². The highest BCUT2D eigenvalue weighted by Gasteiger charge is 2.09. The Hall–Kier alpha value is -2.48. The standard InChI is InChI=1S/C15H17FN4O2S/c1-9-8-23-13(19-9)3-2-6-18-15(22)20-12-5-4-10(14(17)21)7-11(12)16/h4-5,7-8H,2-3,6H2,1H3,(H2,17,21)(H2,18,20,22). The van der Waals surface area contributed by atoms with Gasteiger partial charge in [-0.25, -0.2) is 14.2 Å². The maximum Gasteiger partial charge on any atom is 0.319 e. The highest BCUT2D eigenvalue weighted by atomic mass is 32.1. The van der Waals surface area contributed by atoms with Crippen LogP contribution in [0, 0.1) is 12.7 Å². The number of carbonyl (C=O) groups is 2. The number of hydrogen-bond donors (Lipinski definition) is 3. The van der Waals surface area contributed by atoms with Crippen LogP contribution in [0.4, 0.5) is 14.9 Å². The quantitative estimate of drug-likeness (QED) is 0.707. The van der Waals surface area contributed by atoms with Crippen LogP contribution in [0.25, 0.3) is 0 Å². The van der Waals surface area contributed by atoms with E-state index in [9.17, 15) is 14.0 Å². The normalized spacial score (nSPS) is 10.3. The lowest BCUT2D eigenvalue weighted by Crippen LogP contribution is -2.30. The summed E-state index contributed by atoms with van der Waals surface area (Å²) in [6.45, 7) is 2.38. The average molecular weight is 336 g/mol. The maximum atomic E-state index is 13.7. The molecule has 0 unspecified atom stereocenters. The summed E-state index contributed by atoms with van der Waals surface area (Å²) in [5, 5.41) is 8.04. The maximum absolute atomic E-state index is 13.7. The second-order valence-electron chi connectivity index (χ2n) is 4.93. The molecule has 3 amide bonds. The zero-order chi connectivity index (χ0) is 16.8. The first kappa shape index (κ1) is 16.9. The molecule has 4 N–H and O–H groups in total. The number of benzene rings is 1. The van der Waals surface area contributed by atoms with Crippen molar-refractivity contribution in [3.8, 4) is 0 Å². The minimum atomic E-state index is -0.725. The van der Waals surface area contributed by atoms with Gasteiger partial charge in [-0.05, 0) is 31.5 Å². The monoisotopic (exact) mass is 336 g/mol. The predicted octanol–water partition coefficient (Wildman–Crippen LogP) is 2.44. The van der Waals surface area contributed by atoms with Gasteiger partial charge in [0.15, 0.2) is 0 Å². The van der Waals surface area contributed by atoms with E-state index in [1.807, 2.05) is 12.3 Å². The van der Waals surface area contributed by atoms with Crippen molar-refractivity contribution in [2.45, 2.75) is 19.8 Å². The Bertz CT molecular complexity index is 717. The molecule has 1 aromatic carbocycles. The molecule has 6 nitrogen and oxygen atoms in total. The van der Waals surface area contributed by atoms with Gasteiger partial charge in [0.2, 0.25) is 5.91 Å². The Labute approximate surface area is 136 Å². The van der Waals surface area contributed by atoms with Crippen LogP contribution >= 0.6 is 11.3 Å². The van der Waals surface area contributed by atoms with Crippen LogP contribution in [0.5, 0.6) is 0 Å². The van der Waals surface area contributed by atoms with Crippen molar-refractivity contribution in [1.29, 1.82) is 0 Å². The Morgan fingerprint density at radius 2 is 2.17 bits per heavy atom. The molecule has 0 aliphatic heterocycles. The predicted molar refractivity (Wildman–Crippen MR) is 87.1 cm³/mol. The van der Waals surface area contributed by atoms with Crippen molar-refractivity contribution in [1.82, 2.24) is 10.3 Å². The van der Waals surface area contributed by atoms with Gasteiger partial charge in [-0.3, -0.25) is 4.79 Å². The number of hydrogen-bond acceptors (Lipinski definition) is 4. The molecule has 0 radical (unpaired) electrons. The van der Waals surface area contributed by atoms with Gasteiger partial charge in [-0.15, -0.1) is 11.3 Å². The molecule has 0 aliphatic carbocycles. The lowest BCUT2D eigenvalue weighted by Gasteiger charge is -2.08. The molecule has 0 saturated heterocycles. The van der Waals surface area contributed by atoms with Gasteiger partial charge in [0.1, 0.15) is 5.82 Å². The van der Waals surface area contributed by atoms with E-state index in [2.05, 4.69) is 15.6 Å². The number of nitrogens with two attached hydrogens (primary N) is 1. The Balaban J connectivity index is 1.77. The number of rotatable bonds is 6. The fourth-order valence-electron chi connectivity index (χ4n) is 1.90. The van der Waals surface area contributed by atoms with Gasteiger partial charge in [-0.1, -0.05) is 0 Å². The van der Waals surface area contributed by atoms with Crippen LogP contribution in [-0.2, 0) is 6.42 Å². The highest BCUT2D eigenvalue weighted by molar-refractivity contribution is 7.09. The summed E-state index contributed by atoms with van der Waals surface area (Å²) in [6, 6.07) is 3.13. The molecule has 23 heavy (non-hydrogen) atoms. The lowest BCUT2D eigenvalue weighted by atomic mass is 10.2. The molecular weight excluding hydrogens is 319 g/mol. The fourth-order valence-corrected chi connectivity index (χ4v) is 2.71. The fraction of sp³-hybridized carbons (Fsp3) is 0.267. The van der Waals surface area contributed by atoms with E-state index in [0.29, 0.717) is 6.54 Å². The van der Waals surface area contributed by atoms with E-state index in [1.165, 1.54) is 12.1 Å². The summed E-state index contributed by atoms with van der Waals surface area (Å²) < 4.78 is 13.7. The minimum Gasteiger partial charge on any atom is -0.366 e. The number of anilines is 1. The van der Waals surface area contributed by atoms with Crippen LogP contribution < -0.4 is 16.4 Å². The molecule has 1 heterocycles. The second-order valence-corrected chi connectivity index (χ2v) is 5.87. The molecule has 2 aromatic rings. The van der Waals surface area contributed by atoms with Crippen molar-refractivity contribution < 1.29 is 14.0 Å². The number of nitrogens with one attached hydrogen (secondary N) is 2. The number of aryl methyl sites for hydroxylation is 2. The average Bonchev–Trinajstić information content (AvgIpc) is 2.91. The Morgan fingerprint density at radius 1 is 1.39 bits per heavy atom. The summed E-state index contributed by atoms with van der Waals surface area (Å²) in [5.74, 6) is -1.44. The molecule has 122 valence electrons. The number of primary amides is 1. The molecule has 0 spiro atoms. The van der Waals surface area contributed by atoms with E-state index in [1.54, 1.807) is 11.3 Å². The van der Waals surface area contributed by atoms with Crippen molar-refractivity contribution in [2.24, 2.45) is 5.73 Å². The van der Waals surface area contributed by atoms with Crippen molar-refractivity contribution >= 4 is 29.0 Å². The van der Waals surface area contributed by atoms with Gasteiger partial charge in [0, 0.05) is 29.6 Å². The third kappa shape index (κ3) is 5.03. The van der Waals surface area contributed by atoms with Gasteiger partial charge in [0.25, 0.3) is 0 Å². The molecule has 1 aromatic heterocycles. The molecule has 2 rings (SSSR count). The molecule has 0 bridgehead atoms. The first-order valence-electron chi connectivity index (χ1n) is 7.01. The number of carbonyl (C=O) groups excluding carboxylic acids is 2. The summed E-state index contributed by atoms with van der Waals surface area (Å²) in [6.07, 6.45) is 1.52. The first-order valence-corrected chi connectivity index (χ1v) is 7.89.